The lowest BCUT2D eigenvalue weighted by Gasteiger charge is -2.37. The molecule has 0 radical (unpaired) electrons. The van der Waals surface area contributed by atoms with E-state index in [2.05, 4.69) is 28.0 Å². The third-order valence-corrected chi connectivity index (χ3v) is 6.00. The van der Waals surface area contributed by atoms with Crippen molar-refractivity contribution in [1.29, 1.82) is 0 Å². The summed E-state index contributed by atoms with van der Waals surface area (Å²) in [5.41, 5.74) is 3.58. The van der Waals surface area contributed by atoms with Crippen LogP contribution >= 0.6 is 11.8 Å². The minimum atomic E-state index is -0.351. The van der Waals surface area contributed by atoms with Gasteiger partial charge in [-0.1, -0.05) is 24.8 Å². The van der Waals surface area contributed by atoms with Crippen LogP contribution in [-0.2, 0) is 6.54 Å². The Hall–Kier alpha value is -2.22. The second kappa shape index (κ2) is 5.70. The molecule has 1 aromatic carbocycles. The molecule has 1 unspecified atom stereocenters. The zero-order valence-electron chi connectivity index (χ0n) is 13.7. The van der Waals surface area contributed by atoms with Gasteiger partial charge >= 0.3 is 6.03 Å². The summed E-state index contributed by atoms with van der Waals surface area (Å²) in [6, 6.07) is 5.82. The SMILES string of the molecule is CCC1(N2CCN(Cc3ccc4nonc4c3)C2=O)NC(C)=CS1. The summed E-state index contributed by atoms with van der Waals surface area (Å²) in [6.45, 7) is 6.14. The minimum absolute atomic E-state index is 0.0679. The maximum Gasteiger partial charge on any atom is 0.322 e. The number of rotatable bonds is 4. The maximum atomic E-state index is 12.9. The number of thioether (sulfide) groups is 1. The third kappa shape index (κ3) is 2.41. The van der Waals surface area contributed by atoms with Crippen LogP contribution in [0.15, 0.2) is 33.9 Å². The van der Waals surface area contributed by atoms with E-state index < -0.39 is 0 Å². The molecule has 1 saturated heterocycles. The average molecular weight is 345 g/mol. The van der Waals surface area contributed by atoms with Crippen LogP contribution in [0.1, 0.15) is 25.8 Å². The molecule has 4 rings (SSSR count). The van der Waals surface area contributed by atoms with Crippen LogP contribution in [0.25, 0.3) is 11.0 Å². The largest absolute Gasteiger partial charge is 0.357 e. The second-order valence-corrected chi connectivity index (χ2v) is 7.27. The molecule has 0 spiro atoms. The predicted octanol–water partition coefficient (Wildman–Crippen LogP) is 2.72. The molecule has 0 saturated carbocycles. The van der Waals surface area contributed by atoms with Crippen LogP contribution < -0.4 is 5.32 Å². The number of urea groups is 1. The number of nitrogens with zero attached hydrogens (tertiary/aromatic N) is 4. The average Bonchev–Trinajstić information content (AvgIpc) is 3.28. The summed E-state index contributed by atoms with van der Waals surface area (Å²) in [7, 11) is 0. The highest BCUT2D eigenvalue weighted by molar-refractivity contribution is 8.03. The first-order chi connectivity index (χ1) is 11.6. The number of aromatic nitrogens is 2. The van der Waals surface area contributed by atoms with Crippen LogP contribution in [0.3, 0.4) is 0 Å². The Morgan fingerprint density at radius 1 is 1.33 bits per heavy atom. The quantitative estimate of drug-likeness (QED) is 0.918. The fraction of sp³-hybridized carbons (Fsp3) is 0.438. The van der Waals surface area contributed by atoms with Crippen LogP contribution in [0.2, 0.25) is 0 Å². The number of hydrogen-bond donors (Lipinski definition) is 1. The molecule has 2 aliphatic rings. The zero-order valence-corrected chi connectivity index (χ0v) is 14.5. The smallest absolute Gasteiger partial charge is 0.322 e. The Morgan fingerprint density at radius 2 is 2.17 bits per heavy atom. The number of hydrogen-bond acceptors (Lipinski definition) is 6. The molecule has 1 N–H and O–H groups in total. The fourth-order valence-corrected chi connectivity index (χ4v) is 4.37. The number of allylic oxidation sites excluding steroid dienone is 1. The van der Waals surface area contributed by atoms with Gasteiger partial charge in [-0.2, -0.15) is 0 Å². The highest BCUT2D eigenvalue weighted by Gasteiger charge is 2.45. The van der Waals surface area contributed by atoms with Crippen LogP contribution in [0.4, 0.5) is 4.79 Å². The van der Waals surface area contributed by atoms with Crippen molar-refractivity contribution in [3.63, 3.8) is 0 Å². The van der Waals surface area contributed by atoms with Crippen molar-refractivity contribution in [2.45, 2.75) is 31.8 Å². The van der Waals surface area contributed by atoms with E-state index in [9.17, 15) is 4.79 Å². The molecular weight excluding hydrogens is 326 g/mol. The van der Waals surface area contributed by atoms with Crippen molar-refractivity contribution in [2.24, 2.45) is 0 Å². The van der Waals surface area contributed by atoms with E-state index in [0.29, 0.717) is 12.1 Å². The first-order valence-corrected chi connectivity index (χ1v) is 8.90. The van der Waals surface area contributed by atoms with Crippen molar-refractivity contribution in [1.82, 2.24) is 25.4 Å². The maximum absolute atomic E-state index is 12.9. The second-order valence-electron chi connectivity index (χ2n) is 6.12. The van der Waals surface area contributed by atoms with Gasteiger partial charge in [-0.25, -0.2) is 9.42 Å². The number of amides is 2. The molecule has 1 atom stereocenters. The summed E-state index contributed by atoms with van der Waals surface area (Å²) in [4.78, 5) is 16.4. The molecule has 126 valence electrons. The Balaban J connectivity index is 1.51. The highest BCUT2D eigenvalue weighted by Crippen LogP contribution is 2.39. The molecular formula is C16H19N5O2S. The zero-order chi connectivity index (χ0) is 16.7. The predicted molar refractivity (Wildman–Crippen MR) is 91.8 cm³/mol. The number of benzene rings is 1. The minimum Gasteiger partial charge on any atom is -0.357 e. The van der Waals surface area contributed by atoms with Crippen LogP contribution in [0.5, 0.6) is 0 Å². The van der Waals surface area contributed by atoms with Crippen molar-refractivity contribution in [3.05, 3.63) is 34.9 Å². The molecule has 1 aromatic heterocycles. The molecule has 3 heterocycles. The van der Waals surface area contributed by atoms with Crippen molar-refractivity contribution in [2.75, 3.05) is 13.1 Å². The number of nitrogens with one attached hydrogen (secondary N) is 1. The van der Waals surface area contributed by atoms with E-state index in [-0.39, 0.29) is 11.0 Å². The Morgan fingerprint density at radius 3 is 2.92 bits per heavy atom. The van der Waals surface area contributed by atoms with Crippen LogP contribution in [0, 0.1) is 0 Å². The fourth-order valence-electron chi connectivity index (χ4n) is 3.26. The highest BCUT2D eigenvalue weighted by atomic mass is 32.2. The molecule has 0 aliphatic carbocycles. The van der Waals surface area contributed by atoms with E-state index in [1.165, 1.54) is 0 Å². The normalized spacial score (nSPS) is 23.9. The summed E-state index contributed by atoms with van der Waals surface area (Å²) < 4.78 is 4.73. The van der Waals surface area contributed by atoms with Gasteiger partial charge in [-0.05, 0) is 46.8 Å². The van der Waals surface area contributed by atoms with Gasteiger partial charge in [0.05, 0.1) is 0 Å². The summed E-state index contributed by atoms with van der Waals surface area (Å²) >= 11 is 1.68. The number of fused-ring (bicyclic) bond motifs is 1. The molecule has 2 aromatic rings. The van der Waals surface area contributed by atoms with Gasteiger partial charge in [0.25, 0.3) is 0 Å². The third-order valence-electron chi connectivity index (χ3n) is 4.52. The van der Waals surface area contributed by atoms with E-state index in [0.717, 1.165) is 36.3 Å². The van der Waals surface area contributed by atoms with Gasteiger partial charge in [0, 0.05) is 25.3 Å². The summed E-state index contributed by atoms with van der Waals surface area (Å²) in [6.07, 6.45) is 0.849. The van der Waals surface area contributed by atoms with Gasteiger partial charge in [0.2, 0.25) is 0 Å². The first-order valence-electron chi connectivity index (χ1n) is 8.02. The molecule has 1 fully saturated rings. The first kappa shape index (κ1) is 15.3. The Labute approximate surface area is 144 Å². The lowest BCUT2D eigenvalue weighted by molar-refractivity contribution is 0.157. The Kier molecular flexibility index (Phi) is 3.64. The molecule has 2 amide bonds. The van der Waals surface area contributed by atoms with Gasteiger partial charge in [0.15, 0.2) is 4.99 Å². The van der Waals surface area contributed by atoms with E-state index in [1.807, 2.05) is 34.9 Å². The standard InChI is InChI=1S/C16H19N5O2S/c1-3-16(17-11(2)10-24-16)21-7-6-20(15(21)22)9-12-4-5-13-14(8-12)19-23-18-13/h4-5,8,10,17H,3,6-7,9H2,1-2H3. The lowest BCUT2D eigenvalue weighted by Crippen LogP contribution is -2.54. The number of carbonyl (C=O) groups is 1. The number of carbonyl (C=O) groups excluding carboxylic acids is 1. The van der Waals surface area contributed by atoms with Crippen LogP contribution in [-0.4, -0.2) is 44.2 Å². The lowest BCUT2D eigenvalue weighted by atomic mass is 10.2. The summed E-state index contributed by atoms with van der Waals surface area (Å²) in [5.74, 6) is 0. The van der Waals surface area contributed by atoms with Gasteiger partial charge in [-0.15, -0.1) is 0 Å². The molecule has 8 heteroatoms. The van der Waals surface area contributed by atoms with Gasteiger partial charge < -0.3 is 10.2 Å². The van der Waals surface area contributed by atoms with Crippen molar-refractivity contribution >= 4 is 28.8 Å². The molecule has 0 bridgehead atoms. The monoisotopic (exact) mass is 345 g/mol. The molecule has 24 heavy (non-hydrogen) atoms. The molecule has 2 aliphatic heterocycles. The summed E-state index contributed by atoms with van der Waals surface area (Å²) in [5, 5.41) is 13.2. The molecule has 7 nitrogen and oxygen atoms in total. The van der Waals surface area contributed by atoms with E-state index >= 15 is 0 Å². The van der Waals surface area contributed by atoms with E-state index in [4.69, 9.17) is 4.63 Å². The van der Waals surface area contributed by atoms with Crippen molar-refractivity contribution in [3.8, 4) is 0 Å². The van der Waals surface area contributed by atoms with Gasteiger partial charge in [-0.3, -0.25) is 4.90 Å². The van der Waals surface area contributed by atoms with Gasteiger partial charge in [0.1, 0.15) is 11.0 Å². The Bertz CT molecular complexity index is 820. The van der Waals surface area contributed by atoms with E-state index in [1.54, 1.807) is 11.8 Å². The topological polar surface area (TPSA) is 74.5 Å². The van der Waals surface area contributed by atoms with Crippen molar-refractivity contribution < 1.29 is 9.42 Å².